The number of anilines is 1. The van der Waals surface area contributed by atoms with E-state index in [1.54, 1.807) is 24.8 Å². The van der Waals surface area contributed by atoms with E-state index in [9.17, 15) is 0 Å². The van der Waals surface area contributed by atoms with Gasteiger partial charge in [0.1, 0.15) is 17.9 Å². The maximum atomic E-state index is 5.34. The molecule has 0 radical (unpaired) electrons. The standard InChI is InChI=1S/C15H13BrN4OS/c1-21-9-2-3-11-10(6-9)14(18-8-17-11)20-5-4-12-13(7-20)22-15(16)19-12/h2-3,6,8H,4-5,7H2,1H3. The number of halogens is 1. The first-order valence-electron chi connectivity index (χ1n) is 6.92. The van der Waals surface area contributed by atoms with Gasteiger partial charge in [-0.3, -0.25) is 0 Å². The van der Waals surface area contributed by atoms with Gasteiger partial charge < -0.3 is 9.64 Å². The fourth-order valence-electron chi connectivity index (χ4n) is 2.75. The molecule has 5 nitrogen and oxygen atoms in total. The van der Waals surface area contributed by atoms with Crippen LogP contribution in [0.4, 0.5) is 5.82 Å². The minimum atomic E-state index is 0.821. The molecule has 0 N–H and O–H groups in total. The topological polar surface area (TPSA) is 51.1 Å². The third kappa shape index (κ3) is 2.34. The third-order valence-corrected chi connectivity index (χ3v) is 5.36. The number of aromatic nitrogens is 3. The van der Waals surface area contributed by atoms with E-state index < -0.39 is 0 Å². The molecule has 0 aliphatic carbocycles. The van der Waals surface area contributed by atoms with E-state index in [1.807, 2.05) is 18.2 Å². The molecule has 0 amide bonds. The lowest BCUT2D eigenvalue weighted by Crippen LogP contribution is -2.30. The van der Waals surface area contributed by atoms with Crippen molar-refractivity contribution in [3.63, 3.8) is 0 Å². The van der Waals surface area contributed by atoms with E-state index in [0.717, 1.165) is 45.9 Å². The summed E-state index contributed by atoms with van der Waals surface area (Å²) in [5.74, 6) is 1.78. The highest BCUT2D eigenvalue weighted by atomic mass is 79.9. The Morgan fingerprint density at radius 1 is 1.32 bits per heavy atom. The fraction of sp³-hybridized carbons (Fsp3) is 0.267. The molecule has 22 heavy (non-hydrogen) atoms. The van der Waals surface area contributed by atoms with Crippen molar-refractivity contribution in [1.29, 1.82) is 0 Å². The van der Waals surface area contributed by atoms with Gasteiger partial charge in [0.2, 0.25) is 0 Å². The monoisotopic (exact) mass is 376 g/mol. The van der Waals surface area contributed by atoms with E-state index in [0.29, 0.717) is 0 Å². The molecule has 0 atom stereocenters. The average Bonchev–Trinajstić information content (AvgIpc) is 2.92. The number of ether oxygens (including phenoxy) is 1. The summed E-state index contributed by atoms with van der Waals surface area (Å²) >= 11 is 5.17. The van der Waals surface area contributed by atoms with Crippen LogP contribution in [0.5, 0.6) is 5.75 Å². The smallest absolute Gasteiger partial charge is 0.159 e. The van der Waals surface area contributed by atoms with Crippen LogP contribution in [0.2, 0.25) is 0 Å². The van der Waals surface area contributed by atoms with Crippen LogP contribution in [-0.4, -0.2) is 28.6 Å². The second-order valence-corrected chi connectivity index (χ2v) is 7.45. The number of hydrogen-bond donors (Lipinski definition) is 0. The second kappa shape index (κ2) is 5.48. The van der Waals surface area contributed by atoms with Crippen molar-refractivity contribution in [3.05, 3.63) is 39.0 Å². The second-order valence-electron chi connectivity index (χ2n) is 5.09. The summed E-state index contributed by atoms with van der Waals surface area (Å²) in [4.78, 5) is 17.0. The SMILES string of the molecule is COc1ccc2ncnc(N3CCc4nc(Br)sc4C3)c2c1. The summed E-state index contributed by atoms with van der Waals surface area (Å²) in [5, 5.41) is 1.02. The zero-order valence-corrected chi connectivity index (χ0v) is 14.3. The molecule has 0 spiro atoms. The number of methoxy groups -OCH3 is 1. The van der Waals surface area contributed by atoms with Crippen LogP contribution in [-0.2, 0) is 13.0 Å². The first-order chi connectivity index (χ1) is 10.7. The van der Waals surface area contributed by atoms with Gasteiger partial charge in [-0.2, -0.15) is 0 Å². The first kappa shape index (κ1) is 13.9. The van der Waals surface area contributed by atoms with Crippen molar-refractivity contribution >= 4 is 44.0 Å². The fourth-order valence-corrected chi connectivity index (χ4v) is 4.39. The molecule has 1 aliphatic rings. The Bertz CT molecular complexity index is 851. The summed E-state index contributed by atoms with van der Waals surface area (Å²) in [6, 6.07) is 5.90. The van der Waals surface area contributed by atoms with Crippen LogP contribution in [0.1, 0.15) is 10.6 Å². The third-order valence-electron chi connectivity index (χ3n) is 3.83. The van der Waals surface area contributed by atoms with Crippen molar-refractivity contribution in [2.75, 3.05) is 18.6 Å². The minimum Gasteiger partial charge on any atom is -0.497 e. The Kier molecular flexibility index (Phi) is 3.46. The zero-order chi connectivity index (χ0) is 15.1. The van der Waals surface area contributed by atoms with E-state index in [4.69, 9.17) is 4.74 Å². The lowest BCUT2D eigenvalue weighted by atomic mass is 10.1. The quantitative estimate of drug-likeness (QED) is 0.685. The van der Waals surface area contributed by atoms with Crippen LogP contribution in [0, 0.1) is 0 Å². The molecule has 3 heterocycles. The Hall–Kier alpha value is -1.73. The lowest BCUT2D eigenvalue weighted by molar-refractivity contribution is 0.415. The van der Waals surface area contributed by atoms with Gasteiger partial charge in [-0.25, -0.2) is 15.0 Å². The normalized spacial score (nSPS) is 14.2. The van der Waals surface area contributed by atoms with Crippen molar-refractivity contribution in [3.8, 4) is 5.75 Å². The number of hydrogen-bond acceptors (Lipinski definition) is 6. The number of benzene rings is 1. The summed E-state index contributed by atoms with van der Waals surface area (Å²) in [6.45, 7) is 1.74. The predicted molar refractivity (Wildman–Crippen MR) is 90.7 cm³/mol. The largest absolute Gasteiger partial charge is 0.497 e. The number of thiazole rings is 1. The maximum absolute atomic E-state index is 5.34. The van der Waals surface area contributed by atoms with Crippen LogP contribution in [0.25, 0.3) is 10.9 Å². The van der Waals surface area contributed by atoms with Crippen LogP contribution >= 0.6 is 27.3 Å². The molecule has 4 rings (SSSR count). The van der Waals surface area contributed by atoms with Gasteiger partial charge in [0.25, 0.3) is 0 Å². The molecule has 0 unspecified atom stereocenters. The Balaban J connectivity index is 1.78. The molecular weight excluding hydrogens is 364 g/mol. The van der Waals surface area contributed by atoms with Crippen LogP contribution < -0.4 is 9.64 Å². The van der Waals surface area contributed by atoms with Gasteiger partial charge >= 0.3 is 0 Å². The molecule has 0 saturated heterocycles. The van der Waals surface area contributed by atoms with E-state index in [-0.39, 0.29) is 0 Å². The molecule has 0 fully saturated rings. The predicted octanol–water partition coefficient (Wildman–Crippen LogP) is 3.42. The van der Waals surface area contributed by atoms with Gasteiger partial charge in [0, 0.05) is 23.2 Å². The van der Waals surface area contributed by atoms with Gasteiger partial charge in [-0.15, -0.1) is 11.3 Å². The van der Waals surface area contributed by atoms with Crippen molar-refractivity contribution in [2.24, 2.45) is 0 Å². The molecule has 112 valence electrons. The minimum absolute atomic E-state index is 0.821. The molecule has 2 aromatic heterocycles. The van der Waals surface area contributed by atoms with Gasteiger partial charge in [-0.05, 0) is 34.1 Å². The number of rotatable bonds is 2. The van der Waals surface area contributed by atoms with E-state index in [2.05, 4.69) is 35.8 Å². The van der Waals surface area contributed by atoms with Gasteiger partial charge in [0.15, 0.2) is 3.92 Å². The zero-order valence-electron chi connectivity index (χ0n) is 11.9. The van der Waals surface area contributed by atoms with E-state index >= 15 is 0 Å². The molecular formula is C15H13BrN4OS. The van der Waals surface area contributed by atoms with Crippen LogP contribution in [0.15, 0.2) is 28.4 Å². The van der Waals surface area contributed by atoms with Crippen molar-refractivity contribution < 1.29 is 4.74 Å². The summed E-state index contributed by atoms with van der Waals surface area (Å²) < 4.78 is 6.29. The van der Waals surface area contributed by atoms with Gasteiger partial charge in [0.05, 0.1) is 24.9 Å². The summed E-state index contributed by atoms with van der Waals surface area (Å²) in [5.41, 5.74) is 2.13. The van der Waals surface area contributed by atoms with Crippen molar-refractivity contribution in [2.45, 2.75) is 13.0 Å². The Morgan fingerprint density at radius 3 is 3.09 bits per heavy atom. The Morgan fingerprint density at radius 2 is 2.23 bits per heavy atom. The lowest BCUT2D eigenvalue weighted by Gasteiger charge is -2.27. The summed E-state index contributed by atoms with van der Waals surface area (Å²) in [7, 11) is 1.67. The first-order valence-corrected chi connectivity index (χ1v) is 8.53. The number of fused-ring (bicyclic) bond motifs is 2. The van der Waals surface area contributed by atoms with Crippen LogP contribution in [0.3, 0.4) is 0 Å². The molecule has 3 aromatic rings. The van der Waals surface area contributed by atoms with Crippen molar-refractivity contribution in [1.82, 2.24) is 15.0 Å². The highest BCUT2D eigenvalue weighted by Crippen LogP contribution is 2.33. The average molecular weight is 377 g/mol. The highest BCUT2D eigenvalue weighted by Gasteiger charge is 2.22. The molecule has 0 bridgehead atoms. The van der Waals surface area contributed by atoms with E-state index in [1.165, 1.54) is 10.6 Å². The molecule has 7 heteroatoms. The highest BCUT2D eigenvalue weighted by molar-refractivity contribution is 9.11. The molecule has 0 saturated carbocycles. The molecule has 1 aromatic carbocycles. The molecule has 1 aliphatic heterocycles. The number of nitrogens with zero attached hydrogens (tertiary/aromatic N) is 4. The van der Waals surface area contributed by atoms with Gasteiger partial charge in [-0.1, -0.05) is 0 Å². The summed E-state index contributed by atoms with van der Waals surface area (Å²) in [6.07, 6.45) is 2.56. The maximum Gasteiger partial charge on any atom is 0.159 e. The Labute approximate surface area is 140 Å².